The van der Waals surface area contributed by atoms with E-state index in [0.717, 1.165) is 5.56 Å². The highest BCUT2D eigenvalue weighted by Gasteiger charge is 2.01. The van der Waals surface area contributed by atoms with Crippen molar-refractivity contribution in [3.05, 3.63) is 35.4 Å². The van der Waals surface area contributed by atoms with E-state index >= 15 is 0 Å². The molecular weight excluding hydrogens is 162 g/mol. The standard InChI is InChI=1S/C8H8ClNO/c1-6-3-2-4-7(5-6)8(11)10-9/h2-5H,1H3,(H,10,11). The fraction of sp³-hybridized carbons (Fsp3) is 0.125. The molecule has 0 aliphatic heterocycles. The Bertz CT molecular complexity index is 273. The van der Waals surface area contributed by atoms with Crippen molar-refractivity contribution in [3.63, 3.8) is 0 Å². The first kappa shape index (κ1) is 8.08. The van der Waals surface area contributed by atoms with Gasteiger partial charge in [0.1, 0.15) is 0 Å². The summed E-state index contributed by atoms with van der Waals surface area (Å²) in [6, 6.07) is 7.23. The van der Waals surface area contributed by atoms with Gasteiger partial charge in [-0.1, -0.05) is 17.7 Å². The van der Waals surface area contributed by atoms with Crippen LogP contribution >= 0.6 is 11.8 Å². The largest absolute Gasteiger partial charge is 0.268 e. The maximum absolute atomic E-state index is 10.9. The highest BCUT2D eigenvalue weighted by molar-refractivity contribution is 6.24. The fourth-order valence-electron chi connectivity index (χ4n) is 0.841. The van der Waals surface area contributed by atoms with Gasteiger partial charge in [0.2, 0.25) is 0 Å². The summed E-state index contributed by atoms with van der Waals surface area (Å²) in [4.78, 5) is 13.0. The highest BCUT2D eigenvalue weighted by Crippen LogP contribution is 2.03. The molecule has 0 saturated carbocycles. The summed E-state index contributed by atoms with van der Waals surface area (Å²) >= 11 is 5.14. The fourth-order valence-corrected chi connectivity index (χ4v) is 0.950. The zero-order valence-electron chi connectivity index (χ0n) is 6.10. The van der Waals surface area contributed by atoms with Crippen LogP contribution in [0, 0.1) is 6.92 Å². The van der Waals surface area contributed by atoms with Gasteiger partial charge in [-0.05, 0) is 19.1 Å². The van der Waals surface area contributed by atoms with Gasteiger partial charge in [0.25, 0.3) is 5.91 Å². The number of hydrogen-bond donors (Lipinski definition) is 1. The SMILES string of the molecule is Cc1cccc(C(=O)NCl)c1. The van der Waals surface area contributed by atoms with E-state index in [-0.39, 0.29) is 5.91 Å². The maximum atomic E-state index is 10.9. The molecule has 0 radical (unpaired) electrons. The van der Waals surface area contributed by atoms with Gasteiger partial charge in [-0.3, -0.25) is 9.63 Å². The van der Waals surface area contributed by atoms with Crippen LogP contribution in [0.15, 0.2) is 24.3 Å². The number of carbonyl (C=O) groups excluding carboxylic acids is 1. The van der Waals surface area contributed by atoms with Gasteiger partial charge in [-0.25, -0.2) is 0 Å². The van der Waals surface area contributed by atoms with E-state index in [2.05, 4.69) is 0 Å². The minimum atomic E-state index is -0.268. The van der Waals surface area contributed by atoms with Crippen LogP contribution < -0.4 is 4.84 Å². The quantitative estimate of drug-likeness (QED) is 0.639. The number of hydrogen-bond acceptors (Lipinski definition) is 1. The molecule has 0 unspecified atom stereocenters. The molecule has 0 spiro atoms. The normalized spacial score (nSPS) is 9.27. The molecule has 3 heteroatoms. The minimum Gasteiger partial charge on any atom is -0.268 e. The summed E-state index contributed by atoms with van der Waals surface area (Å²) in [6.07, 6.45) is 0. The lowest BCUT2D eigenvalue weighted by Crippen LogP contribution is -2.12. The van der Waals surface area contributed by atoms with Gasteiger partial charge < -0.3 is 0 Å². The van der Waals surface area contributed by atoms with Gasteiger partial charge in [-0.15, -0.1) is 0 Å². The molecule has 1 N–H and O–H groups in total. The van der Waals surface area contributed by atoms with E-state index < -0.39 is 0 Å². The molecule has 0 aromatic heterocycles. The van der Waals surface area contributed by atoms with Crippen LogP contribution in [0.3, 0.4) is 0 Å². The van der Waals surface area contributed by atoms with Crippen molar-refractivity contribution in [1.29, 1.82) is 0 Å². The van der Waals surface area contributed by atoms with Crippen molar-refractivity contribution < 1.29 is 4.79 Å². The van der Waals surface area contributed by atoms with Crippen LogP contribution in [-0.4, -0.2) is 5.91 Å². The van der Waals surface area contributed by atoms with Crippen LogP contribution in [0.4, 0.5) is 0 Å². The van der Waals surface area contributed by atoms with Gasteiger partial charge in [0.05, 0.1) is 0 Å². The number of rotatable bonds is 1. The van der Waals surface area contributed by atoms with E-state index in [1.54, 1.807) is 12.1 Å². The van der Waals surface area contributed by atoms with Crippen LogP contribution in [0.2, 0.25) is 0 Å². The van der Waals surface area contributed by atoms with E-state index in [9.17, 15) is 4.79 Å². The van der Waals surface area contributed by atoms with Crippen molar-refractivity contribution in [2.75, 3.05) is 0 Å². The van der Waals surface area contributed by atoms with E-state index in [0.29, 0.717) is 5.56 Å². The molecule has 0 atom stereocenters. The number of halogens is 1. The third-order valence-electron chi connectivity index (χ3n) is 1.37. The smallest absolute Gasteiger partial charge is 0.265 e. The first-order valence-electron chi connectivity index (χ1n) is 3.21. The maximum Gasteiger partial charge on any atom is 0.265 e. The van der Waals surface area contributed by atoms with Gasteiger partial charge >= 0.3 is 0 Å². The molecule has 0 aliphatic rings. The van der Waals surface area contributed by atoms with Crippen molar-refractivity contribution in [2.45, 2.75) is 6.92 Å². The van der Waals surface area contributed by atoms with Gasteiger partial charge in [-0.2, -0.15) is 0 Å². The highest BCUT2D eigenvalue weighted by atomic mass is 35.5. The Balaban J connectivity index is 2.96. The molecule has 1 rings (SSSR count). The van der Waals surface area contributed by atoms with Gasteiger partial charge in [0, 0.05) is 17.3 Å². The summed E-state index contributed by atoms with van der Waals surface area (Å²) < 4.78 is 0. The summed E-state index contributed by atoms with van der Waals surface area (Å²) in [6.45, 7) is 1.92. The minimum absolute atomic E-state index is 0.268. The van der Waals surface area contributed by atoms with Crippen molar-refractivity contribution in [1.82, 2.24) is 4.84 Å². The van der Waals surface area contributed by atoms with Crippen molar-refractivity contribution in [2.24, 2.45) is 0 Å². The molecule has 1 aromatic carbocycles. The molecule has 0 aliphatic carbocycles. The number of amides is 1. The molecule has 0 saturated heterocycles. The zero-order chi connectivity index (χ0) is 8.27. The predicted octanol–water partition coefficient (Wildman–Crippen LogP) is 1.88. The second-order valence-electron chi connectivity index (χ2n) is 2.29. The monoisotopic (exact) mass is 169 g/mol. The second kappa shape index (κ2) is 3.39. The molecule has 1 aromatic rings. The molecule has 2 nitrogen and oxygen atoms in total. The summed E-state index contributed by atoms with van der Waals surface area (Å²) in [5, 5.41) is 0. The zero-order valence-corrected chi connectivity index (χ0v) is 6.85. The molecule has 0 fully saturated rings. The third-order valence-corrected chi connectivity index (χ3v) is 1.54. The Morgan fingerprint density at radius 3 is 2.82 bits per heavy atom. The Morgan fingerprint density at radius 2 is 2.27 bits per heavy atom. The van der Waals surface area contributed by atoms with Crippen LogP contribution in [-0.2, 0) is 0 Å². The lowest BCUT2D eigenvalue weighted by atomic mass is 10.1. The van der Waals surface area contributed by atoms with E-state index in [1.807, 2.05) is 23.9 Å². The van der Waals surface area contributed by atoms with Crippen molar-refractivity contribution in [3.8, 4) is 0 Å². The summed E-state index contributed by atoms with van der Waals surface area (Å²) in [7, 11) is 0. The van der Waals surface area contributed by atoms with Gasteiger partial charge in [0.15, 0.2) is 0 Å². The Hall–Kier alpha value is -1.02. The Kier molecular flexibility index (Phi) is 2.49. The van der Waals surface area contributed by atoms with Crippen LogP contribution in [0.25, 0.3) is 0 Å². The Labute approximate surface area is 70.3 Å². The average molecular weight is 170 g/mol. The van der Waals surface area contributed by atoms with Crippen LogP contribution in [0.1, 0.15) is 15.9 Å². The lowest BCUT2D eigenvalue weighted by molar-refractivity contribution is 0.0982. The molecule has 58 valence electrons. The van der Waals surface area contributed by atoms with E-state index in [4.69, 9.17) is 11.8 Å². The third kappa shape index (κ3) is 1.95. The molecule has 11 heavy (non-hydrogen) atoms. The molecule has 1 amide bonds. The topological polar surface area (TPSA) is 29.1 Å². The second-order valence-corrected chi connectivity index (χ2v) is 2.48. The first-order valence-corrected chi connectivity index (χ1v) is 3.59. The molecule has 0 heterocycles. The number of benzene rings is 1. The lowest BCUT2D eigenvalue weighted by Gasteiger charge is -1.97. The number of carbonyl (C=O) groups is 1. The first-order chi connectivity index (χ1) is 5.24. The Morgan fingerprint density at radius 1 is 1.55 bits per heavy atom. The number of aryl methyl sites for hydroxylation is 1. The average Bonchev–Trinajstić information content (AvgIpc) is 2.03. The molecule has 0 bridgehead atoms. The van der Waals surface area contributed by atoms with Crippen molar-refractivity contribution >= 4 is 17.7 Å². The van der Waals surface area contributed by atoms with E-state index in [1.165, 1.54) is 0 Å². The summed E-state index contributed by atoms with van der Waals surface area (Å²) in [5.74, 6) is -0.268. The van der Waals surface area contributed by atoms with Crippen LogP contribution in [0.5, 0.6) is 0 Å². The molecular formula is C8H8ClNO. The predicted molar refractivity (Wildman–Crippen MR) is 44.5 cm³/mol. The number of nitrogens with one attached hydrogen (secondary N) is 1. The summed E-state index contributed by atoms with van der Waals surface area (Å²) in [5.41, 5.74) is 1.63.